The third-order valence-corrected chi connectivity index (χ3v) is 2.40. The average Bonchev–Trinajstić information content (AvgIpc) is 2.05. The Kier molecular flexibility index (Phi) is 3.27. The summed E-state index contributed by atoms with van der Waals surface area (Å²) in [5.41, 5.74) is 2.39. The van der Waals surface area contributed by atoms with Crippen molar-refractivity contribution in [2.24, 2.45) is 0 Å². The lowest BCUT2D eigenvalue weighted by Crippen LogP contribution is -2.06. The minimum absolute atomic E-state index is 0.256. The predicted octanol–water partition coefficient (Wildman–Crippen LogP) is 3.02. The van der Waals surface area contributed by atoms with Gasteiger partial charge in [0.2, 0.25) is 0 Å². The Hall–Kier alpha value is -0.850. The molecule has 1 rings (SSSR count). The molecule has 0 radical (unpaired) electrons. The van der Waals surface area contributed by atoms with Crippen LogP contribution in [0.4, 0.5) is 0 Å². The molecule has 0 fully saturated rings. The minimum atomic E-state index is 0.256. The van der Waals surface area contributed by atoms with Crippen molar-refractivity contribution in [3.8, 4) is 0 Å². The van der Waals surface area contributed by atoms with Crippen LogP contribution in [-0.2, 0) is 4.79 Å². The zero-order valence-electron chi connectivity index (χ0n) is 7.73. The van der Waals surface area contributed by atoms with Gasteiger partial charge in [-0.25, -0.2) is 0 Å². The van der Waals surface area contributed by atoms with E-state index < -0.39 is 0 Å². The maximum atomic E-state index is 11.2. The highest BCUT2D eigenvalue weighted by molar-refractivity contribution is 5.94. The number of hydrogen-bond acceptors (Lipinski definition) is 1. The smallest absolute Gasteiger partial charge is 0.155 e. The van der Waals surface area contributed by atoms with Gasteiger partial charge in [-0.15, -0.1) is 6.58 Å². The lowest BCUT2D eigenvalue weighted by Gasteiger charge is -2.17. The highest BCUT2D eigenvalue weighted by Crippen LogP contribution is 2.27. The Morgan fingerprint density at radius 3 is 2.75 bits per heavy atom. The van der Waals surface area contributed by atoms with E-state index in [1.54, 1.807) is 6.92 Å². The summed E-state index contributed by atoms with van der Waals surface area (Å²) >= 11 is 0. The van der Waals surface area contributed by atoms with Gasteiger partial charge in [-0.05, 0) is 44.6 Å². The van der Waals surface area contributed by atoms with E-state index >= 15 is 0 Å². The Bertz CT molecular complexity index is 223. The molecule has 12 heavy (non-hydrogen) atoms. The number of rotatable bonds is 3. The molecule has 0 saturated heterocycles. The molecule has 0 N–H and O–H groups in total. The molecule has 66 valence electrons. The third-order valence-electron chi connectivity index (χ3n) is 2.40. The van der Waals surface area contributed by atoms with Gasteiger partial charge in [0.15, 0.2) is 5.78 Å². The van der Waals surface area contributed by atoms with Crippen molar-refractivity contribution in [3.63, 3.8) is 0 Å². The average molecular weight is 164 g/mol. The van der Waals surface area contributed by atoms with Crippen LogP contribution in [0.1, 0.15) is 39.0 Å². The summed E-state index contributed by atoms with van der Waals surface area (Å²) in [6, 6.07) is 0. The molecule has 0 heterocycles. The molecule has 1 nitrogen and oxygen atoms in total. The highest BCUT2D eigenvalue weighted by atomic mass is 16.1. The van der Waals surface area contributed by atoms with Gasteiger partial charge in [-0.3, -0.25) is 4.79 Å². The molecule has 1 aliphatic rings. The molecule has 1 aliphatic carbocycles. The number of ketones is 1. The van der Waals surface area contributed by atoms with Crippen molar-refractivity contribution < 1.29 is 4.79 Å². The van der Waals surface area contributed by atoms with E-state index in [1.165, 1.54) is 18.4 Å². The van der Waals surface area contributed by atoms with Crippen molar-refractivity contribution in [1.82, 2.24) is 0 Å². The summed E-state index contributed by atoms with van der Waals surface area (Å²) in [7, 11) is 0. The van der Waals surface area contributed by atoms with Crippen LogP contribution in [0.15, 0.2) is 23.8 Å². The zero-order valence-corrected chi connectivity index (χ0v) is 7.73. The summed E-state index contributed by atoms with van der Waals surface area (Å²) < 4.78 is 0. The Morgan fingerprint density at radius 1 is 1.50 bits per heavy atom. The fourth-order valence-electron chi connectivity index (χ4n) is 1.79. The lowest BCUT2D eigenvalue weighted by atomic mass is 9.88. The fourth-order valence-corrected chi connectivity index (χ4v) is 1.79. The molecular weight excluding hydrogens is 148 g/mol. The molecular formula is C11H16O. The van der Waals surface area contributed by atoms with E-state index in [9.17, 15) is 4.79 Å². The van der Waals surface area contributed by atoms with E-state index in [0.717, 1.165) is 24.8 Å². The first-order chi connectivity index (χ1) is 5.75. The second-order valence-corrected chi connectivity index (χ2v) is 3.34. The first kappa shape index (κ1) is 9.24. The molecule has 0 saturated carbocycles. The van der Waals surface area contributed by atoms with Crippen LogP contribution in [0.25, 0.3) is 0 Å². The second-order valence-electron chi connectivity index (χ2n) is 3.34. The van der Waals surface area contributed by atoms with Gasteiger partial charge in [0.1, 0.15) is 0 Å². The van der Waals surface area contributed by atoms with E-state index in [2.05, 4.69) is 6.58 Å². The van der Waals surface area contributed by atoms with E-state index in [4.69, 9.17) is 0 Å². The zero-order chi connectivity index (χ0) is 8.97. The molecule has 0 aromatic rings. The number of allylic oxidation sites excluding steroid dienone is 3. The first-order valence-corrected chi connectivity index (χ1v) is 4.58. The highest BCUT2D eigenvalue weighted by Gasteiger charge is 2.14. The van der Waals surface area contributed by atoms with Gasteiger partial charge in [-0.1, -0.05) is 11.6 Å². The Labute approximate surface area is 74.2 Å². The number of carbonyl (C=O) groups excluding carboxylic acids is 1. The standard InChI is InChI=1S/C11H16O/c1-3-6-10-7-4-5-8-11(10)9(2)12/h3H,1,4-8H2,2H3. The molecule has 0 spiro atoms. The van der Waals surface area contributed by atoms with Crippen LogP contribution in [0.5, 0.6) is 0 Å². The quantitative estimate of drug-likeness (QED) is 0.586. The maximum absolute atomic E-state index is 11.2. The lowest BCUT2D eigenvalue weighted by molar-refractivity contribution is -0.113. The normalized spacial score (nSPS) is 17.8. The molecule has 0 aliphatic heterocycles. The monoisotopic (exact) mass is 164 g/mol. The third kappa shape index (κ3) is 2.07. The van der Waals surface area contributed by atoms with Crippen molar-refractivity contribution in [3.05, 3.63) is 23.8 Å². The number of carbonyl (C=O) groups is 1. The van der Waals surface area contributed by atoms with Crippen molar-refractivity contribution in [1.29, 1.82) is 0 Å². The molecule has 0 atom stereocenters. The van der Waals surface area contributed by atoms with E-state index in [1.807, 2.05) is 6.08 Å². The van der Waals surface area contributed by atoms with Gasteiger partial charge in [0.05, 0.1) is 0 Å². The van der Waals surface area contributed by atoms with Gasteiger partial charge in [-0.2, -0.15) is 0 Å². The summed E-state index contributed by atoms with van der Waals surface area (Å²) in [6.45, 7) is 5.37. The van der Waals surface area contributed by atoms with Gasteiger partial charge in [0, 0.05) is 0 Å². The summed E-state index contributed by atoms with van der Waals surface area (Å²) in [5, 5.41) is 0. The van der Waals surface area contributed by atoms with Crippen molar-refractivity contribution in [2.45, 2.75) is 39.0 Å². The predicted molar refractivity (Wildman–Crippen MR) is 51.0 cm³/mol. The van der Waals surface area contributed by atoms with Gasteiger partial charge < -0.3 is 0 Å². The van der Waals surface area contributed by atoms with Gasteiger partial charge in [0.25, 0.3) is 0 Å². The van der Waals surface area contributed by atoms with E-state index in [-0.39, 0.29) is 5.78 Å². The summed E-state index contributed by atoms with van der Waals surface area (Å²) in [4.78, 5) is 11.2. The van der Waals surface area contributed by atoms with Crippen LogP contribution >= 0.6 is 0 Å². The fraction of sp³-hybridized carbons (Fsp3) is 0.545. The molecule has 0 unspecified atom stereocenters. The largest absolute Gasteiger partial charge is 0.295 e. The number of hydrogen-bond donors (Lipinski definition) is 0. The van der Waals surface area contributed by atoms with Crippen molar-refractivity contribution >= 4 is 5.78 Å². The summed E-state index contributed by atoms with van der Waals surface area (Å²) in [6.07, 6.45) is 7.29. The Morgan fingerprint density at radius 2 is 2.17 bits per heavy atom. The maximum Gasteiger partial charge on any atom is 0.155 e. The molecule has 0 bridgehead atoms. The van der Waals surface area contributed by atoms with Gasteiger partial charge >= 0.3 is 0 Å². The van der Waals surface area contributed by atoms with Crippen LogP contribution < -0.4 is 0 Å². The first-order valence-electron chi connectivity index (χ1n) is 4.58. The summed E-state index contributed by atoms with van der Waals surface area (Å²) in [5.74, 6) is 0.256. The van der Waals surface area contributed by atoms with Crippen LogP contribution in [0, 0.1) is 0 Å². The topological polar surface area (TPSA) is 17.1 Å². The minimum Gasteiger partial charge on any atom is -0.295 e. The molecule has 0 aromatic heterocycles. The SMILES string of the molecule is C=CCC1=C(C(C)=O)CCCC1. The van der Waals surface area contributed by atoms with Crippen molar-refractivity contribution in [2.75, 3.05) is 0 Å². The molecule has 1 heteroatoms. The number of Topliss-reactive ketones (excluding diaryl/α,β-unsaturated/α-hetero) is 1. The Balaban J connectivity index is 2.82. The molecule has 0 amide bonds. The second kappa shape index (κ2) is 4.24. The van der Waals surface area contributed by atoms with Crippen LogP contribution in [-0.4, -0.2) is 5.78 Å². The van der Waals surface area contributed by atoms with E-state index in [0.29, 0.717) is 0 Å². The van der Waals surface area contributed by atoms with Crippen LogP contribution in [0.3, 0.4) is 0 Å². The van der Waals surface area contributed by atoms with Crippen LogP contribution in [0.2, 0.25) is 0 Å². The molecule has 0 aromatic carbocycles.